The Morgan fingerprint density at radius 3 is 2.50 bits per heavy atom. The second kappa shape index (κ2) is 7.71. The minimum atomic E-state index is 0.0747. The third-order valence-corrected chi connectivity index (χ3v) is 6.74. The lowest BCUT2D eigenvalue weighted by atomic mass is 9.88. The average Bonchev–Trinajstić information content (AvgIpc) is 3.30. The molecule has 0 spiro atoms. The zero-order valence-corrected chi connectivity index (χ0v) is 16.5. The third-order valence-electron chi connectivity index (χ3n) is 6.74. The molecule has 144 valence electrons. The van der Waals surface area contributed by atoms with E-state index in [2.05, 4.69) is 9.58 Å². The first kappa shape index (κ1) is 18.0. The molecule has 2 fully saturated rings. The van der Waals surface area contributed by atoms with Crippen LogP contribution < -0.4 is 0 Å². The van der Waals surface area contributed by atoms with Gasteiger partial charge in [-0.1, -0.05) is 19.3 Å². The Morgan fingerprint density at radius 1 is 1.08 bits per heavy atom. The van der Waals surface area contributed by atoms with Crippen molar-refractivity contribution in [2.75, 3.05) is 27.2 Å². The van der Waals surface area contributed by atoms with Gasteiger partial charge in [-0.15, -0.1) is 0 Å². The Kier molecular flexibility index (Phi) is 5.35. The number of carbonyl (C=O) groups excluding carboxylic acids is 1. The van der Waals surface area contributed by atoms with Crippen molar-refractivity contribution in [1.29, 1.82) is 0 Å². The summed E-state index contributed by atoms with van der Waals surface area (Å²) in [7, 11) is 3.69. The number of amides is 1. The first-order chi connectivity index (χ1) is 12.6. The summed E-state index contributed by atoms with van der Waals surface area (Å²) >= 11 is 0. The highest BCUT2D eigenvalue weighted by molar-refractivity contribution is 5.93. The summed E-state index contributed by atoms with van der Waals surface area (Å²) in [6, 6.07) is 0.603. The molecule has 4 rings (SSSR count). The highest BCUT2D eigenvalue weighted by Gasteiger charge is 2.33. The fourth-order valence-corrected chi connectivity index (χ4v) is 5.24. The summed E-state index contributed by atoms with van der Waals surface area (Å²) in [5, 5.41) is 4.88. The van der Waals surface area contributed by atoms with Crippen LogP contribution in [0.5, 0.6) is 0 Å². The quantitative estimate of drug-likeness (QED) is 0.830. The van der Waals surface area contributed by atoms with E-state index in [-0.39, 0.29) is 5.91 Å². The van der Waals surface area contributed by atoms with Gasteiger partial charge in [-0.2, -0.15) is 5.10 Å². The van der Waals surface area contributed by atoms with Crippen molar-refractivity contribution in [1.82, 2.24) is 19.6 Å². The number of hydrogen-bond donors (Lipinski definition) is 0. The van der Waals surface area contributed by atoms with Gasteiger partial charge >= 0.3 is 0 Å². The lowest BCUT2D eigenvalue weighted by Gasteiger charge is -2.31. The van der Waals surface area contributed by atoms with Gasteiger partial charge in [0.2, 0.25) is 0 Å². The molecule has 0 aromatic carbocycles. The van der Waals surface area contributed by atoms with Crippen LogP contribution in [0.2, 0.25) is 0 Å². The van der Waals surface area contributed by atoms with Crippen LogP contribution in [0.15, 0.2) is 0 Å². The van der Waals surface area contributed by atoms with Crippen LogP contribution in [-0.2, 0) is 19.4 Å². The predicted octanol–water partition coefficient (Wildman–Crippen LogP) is 3.12. The Hall–Kier alpha value is -1.36. The second-order valence-corrected chi connectivity index (χ2v) is 8.80. The van der Waals surface area contributed by atoms with Crippen LogP contribution in [0.4, 0.5) is 0 Å². The largest absolute Gasteiger partial charge is 0.343 e. The van der Waals surface area contributed by atoms with Gasteiger partial charge in [0.05, 0.1) is 0 Å². The van der Waals surface area contributed by atoms with Gasteiger partial charge in [0.25, 0.3) is 5.91 Å². The van der Waals surface area contributed by atoms with Crippen LogP contribution in [0.3, 0.4) is 0 Å². The maximum Gasteiger partial charge on any atom is 0.274 e. The lowest BCUT2D eigenvalue weighted by molar-refractivity contribution is 0.0819. The van der Waals surface area contributed by atoms with Gasteiger partial charge in [-0.25, -0.2) is 0 Å². The molecule has 0 radical (unpaired) electrons. The van der Waals surface area contributed by atoms with E-state index in [0.717, 1.165) is 31.0 Å². The molecule has 1 atom stereocenters. The summed E-state index contributed by atoms with van der Waals surface area (Å²) < 4.78 is 2.22. The Bertz CT molecular complexity index is 639. The van der Waals surface area contributed by atoms with Crippen LogP contribution >= 0.6 is 0 Å². The van der Waals surface area contributed by atoms with E-state index in [0.29, 0.717) is 6.04 Å². The van der Waals surface area contributed by atoms with Crippen molar-refractivity contribution in [2.45, 2.75) is 76.8 Å². The summed E-state index contributed by atoms with van der Waals surface area (Å²) in [6.07, 6.45) is 12.7. The van der Waals surface area contributed by atoms with E-state index >= 15 is 0 Å². The summed E-state index contributed by atoms with van der Waals surface area (Å²) in [4.78, 5) is 17.1. The maximum absolute atomic E-state index is 12.8. The number of aromatic nitrogens is 2. The molecule has 1 aromatic heterocycles. The summed E-state index contributed by atoms with van der Waals surface area (Å²) in [5.41, 5.74) is 3.34. The zero-order chi connectivity index (χ0) is 18.1. The van der Waals surface area contributed by atoms with Crippen LogP contribution in [-0.4, -0.2) is 58.7 Å². The van der Waals surface area contributed by atoms with Crippen molar-refractivity contribution < 1.29 is 4.79 Å². The highest BCUT2D eigenvalue weighted by atomic mass is 16.2. The Balaban J connectivity index is 1.60. The first-order valence-electron chi connectivity index (χ1n) is 10.7. The number of carbonyl (C=O) groups is 1. The third kappa shape index (κ3) is 3.55. The molecule has 26 heavy (non-hydrogen) atoms. The number of fused-ring (bicyclic) bond motifs is 1. The monoisotopic (exact) mass is 358 g/mol. The molecule has 3 aliphatic rings. The molecule has 0 bridgehead atoms. The van der Waals surface area contributed by atoms with Gasteiger partial charge in [0, 0.05) is 37.9 Å². The zero-order valence-electron chi connectivity index (χ0n) is 16.5. The van der Waals surface area contributed by atoms with Gasteiger partial charge < -0.3 is 9.80 Å². The number of nitrogens with zero attached hydrogens (tertiary/aromatic N) is 4. The normalized spacial score (nSPS) is 24.6. The highest BCUT2D eigenvalue weighted by Crippen LogP contribution is 2.32. The van der Waals surface area contributed by atoms with Crippen molar-refractivity contribution >= 4 is 5.91 Å². The smallest absolute Gasteiger partial charge is 0.274 e. The molecule has 2 heterocycles. The van der Waals surface area contributed by atoms with E-state index < -0.39 is 0 Å². The molecule has 1 unspecified atom stereocenters. The minimum Gasteiger partial charge on any atom is -0.343 e. The molecule has 1 aromatic rings. The standard InChI is InChI=1S/C21H34N4O/c1-23(2)21(26)20-18-14-17(24-12-6-7-13-24)10-11-19(18)25(22-20)15-16-8-4-3-5-9-16/h16-17H,3-15H2,1-2H3. The molecule has 1 saturated heterocycles. The van der Waals surface area contributed by atoms with E-state index in [9.17, 15) is 4.79 Å². The molecule has 1 amide bonds. The maximum atomic E-state index is 12.8. The fourth-order valence-electron chi connectivity index (χ4n) is 5.24. The minimum absolute atomic E-state index is 0.0747. The molecular formula is C21H34N4O. The van der Waals surface area contributed by atoms with Gasteiger partial charge in [-0.05, 0) is 64.0 Å². The molecule has 1 aliphatic heterocycles. The van der Waals surface area contributed by atoms with Crippen molar-refractivity contribution in [3.05, 3.63) is 17.0 Å². The lowest BCUT2D eigenvalue weighted by Crippen LogP contribution is -2.38. The fraction of sp³-hybridized carbons (Fsp3) is 0.810. The van der Waals surface area contributed by atoms with Crippen molar-refractivity contribution in [2.24, 2.45) is 5.92 Å². The SMILES string of the molecule is CN(C)C(=O)c1nn(CC2CCCCC2)c2c1CC(N1CCCC1)CC2. The molecule has 1 saturated carbocycles. The molecular weight excluding hydrogens is 324 g/mol. The second-order valence-electron chi connectivity index (χ2n) is 8.80. The number of rotatable bonds is 4. The molecule has 5 heteroatoms. The predicted molar refractivity (Wildman–Crippen MR) is 103 cm³/mol. The van der Waals surface area contributed by atoms with Gasteiger partial charge in [-0.3, -0.25) is 9.48 Å². The molecule has 5 nitrogen and oxygen atoms in total. The number of likely N-dealkylation sites (tertiary alicyclic amines) is 1. The van der Waals surface area contributed by atoms with E-state index in [1.54, 1.807) is 4.90 Å². The topological polar surface area (TPSA) is 41.4 Å². The van der Waals surface area contributed by atoms with Crippen LogP contribution in [0.1, 0.15) is 73.1 Å². The molecule has 0 N–H and O–H groups in total. The molecule has 2 aliphatic carbocycles. The Morgan fingerprint density at radius 2 is 1.81 bits per heavy atom. The van der Waals surface area contributed by atoms with Crippen molar-refractivity contribution in [3.8, 4) is 0 Å². The average molecular weight is 359 g/mol. The van der Waals surface area contributed by atoms with Crippen LogP contribution in [0.25, 0.3) is 0 Å². The van der Waals surface area contributed by atoms with Crippen molar-refractivity contribution in [3.63, 3.8) is 0 Å². The van der Waals surface area contributed by atoms with Gasteiger partial charge in [0.1, 0.15) is 0 Å². The summed E-state index contributed by atoms with van der Waals surface area (Å²) in [6.45, 7) is 3.47. The van der Waals surface area contributed by atoms with E-state index in [1.807, 2.05) is 14.1 Å². The Labute approximate surface area is 157 Å². The van der Waals surface area contributed by atoms with E-state index in [4.69, 9.17) is 5.10 Å². The van der Waals surface area contributed by atoms with Crippen LogP contribution in [0, 0.1) is 5.92 Å². The van der Waals surface area contributed by atoms with Gasteiger partial charge in [0.15, 0.2) is 5.69 Å². The number of hydrogen-bond acceptors (Lipinski definition) is 3. The summed E-state index contributed by atoms with van der Waals surface area (Å²) in [5.74, 6) is 0.817. The van der Waals surface area contributed by atoms with E-state index in [1.165, 1.54) is 75.7 Å². The first-order valence-corrected chi connectivity index (χ1v) is 10.7.